The summed E-state index contributed by atoms with van der Waals surface area (Å²) in [6, 6.07) is 2.63. The first-order valence-corrected chi connectivity index (χ1v) is 9.07. The van der Waals surface area contributed by atoms with Gasteiger partial charge in [-0.05, 0) is 38.0 Å². The van der Waals surface area contributed by atoms with Crippen LogP contribution in [0.15, 0.2) is 18.2 Å². The van der Waals surface area contributed by atoms with Gasteiger partial charge < -0.3 is 10.6 Å². The molecule has 4 N–H and O–H groups in total. The third-order valence-electron chi connectivity index (χ3n) is 5.23. The molecule has 2 aliphatic rings. The summed E-state index contributed by atoms with van der Waals surface area (Å²) in [6.07, 6.45) is 3.88. The van der Waals surface area contributed by atoms with Crippen LogP contribution >= 0.6 is 0 Å². The number of carbonyl (C=O) groups excluding carboxylic acids is 3. The molecule has 0 bridgehead atoms. The van der Waals surface area contributed by atoms with Crippen molar-refractivity contribution >= 4 is 17.8 Å². The SMILES string of the molecule is C[C@@H]([NH2+]CC(=O)NN1C(=O)NC2(CCCCC2)C1=O)c1ccc(F)c(F)c1. The Morgan fingerprint density at radius 1 is 1.26 bits per heavy atom. The van der Waals surface area contributed by atoms with Gasteiger partial charge in [0.2, 0.25) is 0 Å². The molecule has 1 atom stereocenters. The molecule has 3 rings (SSSR count). The molecule has 1 saturated carbocycles. The quantitative estimate of drug-likeness (QED) is 0.661. The summed E-state index contributed by atoms with van der Waals surface area (Å²) in [5, 5.41) is 5.07. The van der Waals surface area contributed by atoms with Crippen LogP contribution in [0.25, 0.3) is 0 Å². The summed E-state index contributed by atoms with van der Waals surface area (Å²) < 4.78 is 26.3. The van der Waals surface area contributed by atoms with Crippen LogP contribution in [0.5, 0.6) is 0 Å². The van der Waals surface area contributed by atoms with Gasteiger partial charge in [0.05, 0.1) is 0 Å². The number of urea groups is 1. The van der Waals surface area contributed by atoms with E-state index in [9.17, 15) is 23.2 Å². The molecular weight excluding hydrogens is 358 g/mol. The van der Waals surface area contributed by atoms with E-state index in [1.54, 1.807) is 12.2 Å². The molecule has 1 spiro atoms. The normalized spacial score (nSPS) is 19.9. The van der Waals surface area contributed by atoms with Crippen LogP contribution < -0.4 is 16.1 Å². The second-order valence-electron chi connectivity index (χ2n) is 7.15. The molecular formula is C18H23F2N4O3+. The van der Waals surface area contributed by atoms with E-state index in [1.165, 1.54) is 6.07 Å². The first-order valence-electron chi connectivity index (χ1n) is 9.07. The molecule has 1 heterocycles. The van der Waals surface area contributed by atoms with Crippen molar-refractivity contribution in [3.63, 3.8) is 0 Å². The lowest BCUT2D eigenvalue weighted by Crippen LogP contribution is -2.87. The fraction of sp³-hybridized carbons (Fsp3) is 0.500. The zero-order valence-corrected chi connectivity index (χ0v) is 15.1. The van der Waals surface area contributed by atoms with Crippen molar-refractivity contribution in [1.29, 1.82) is 0 Å². The third-order valence-corrected chi connectivity index (χ3v) is 5.23. The summed E-state index contributed by atoms with van der Waals surface area (Å²) in [7, 11) is 0. The second-order valence-corrected chi connectivity index (χ2v) is 7.15. The Balaban J connectivity index is 1.55. The first-order chi connectivity index (χ1) is 12.8. The van der Waals surface area contributed by atoms with Gasteiger partial charge in [0.1, 0.15) is 11.6 Å². The van der Waals surface area contributed by atoms with Crippen LogP contribution in [-0.4, -0.2) is 34.9 Å². The van der Waals surface area contributed by atoms with E-state index in [-0.39, 0.29) is 12.6 Å². The molecule has 1 aliphatic heterocycles. The van der Waals surface area contributed by atoms with Gasteiger partial charge in [-0.1, -0.05) is 19.3 Å². The number of hydrogen-bond donors (Lipinski definition) is 3. The van der Waals surface area contributed by atoms with Gasteiger partial charge in [-0.3, -0.25) is 15.0 Å². The topological polar surface area (TPSA) is 95.1 Å². The third kappa shape index (κ3) is 3.92. The van der Waals surface area contributed by atoms with Gasteiger partial charge in [0.25, 0.3) is 11.8 Å². The lowest BCUT2D eigenvalue weighted by Gasteiger charge is -2.30. The molecule has 0 radical (unpaired) electrons. The Kier molecular flexibility index (Phi) is 5.41. The summed E-state index contributed by atoms with van der Waals surface area (Å²) >= 11 is 0. The molecule has 7 nitrogen and oxygen atoms in total. The maximum absolute atomic E-state index is 13.3. The highest BCUT2D eigenvalue weighted by Gasteiger charge is 2.52. The minimum Gasteiger partial charge on any atom is -0.332 e. The van der Waals surface area contributed by atoms with Crippen molar-refractivity contribution in [2.45, 2.75) is 50.6 Å². The van der Waals surface area contributed by atoms with E-state index >= 15 is 0 Å². The summed E-state index contributed by atoms with van der Waals surface area (Å²) in [5.74, 6) is -2.83. The maximum Gasteiger partial charge on any atom is 0.344 e. The zero-order valence-electron chi connectivity index (χ0n) is 15.1. The van der Waals surface area contributed by atoms with Crippen molar-refractivity contribution in [2.24, 2.45) is 0 Å². The van der Waals surface area contributed by atoms with Crippen LogP contribution in [-0.2, 0) is 9.59 Å². The molecule has 1 saturated heterocycles. The Morgan fingerprint density at radius 2 is 1.96 bits per heavy atom. The molecule has 9 heteroatoms. The number of carbonyl (C=O) groups is 3. The minimum absolute atomic E-state index is 0.0791. The zero-order chi connectivity index (χ0) is 19.6. The first kappa shape index (κ1) is 19.2. The molecule has 1 aromatic rings. The van der Waals surface area contributed by atoms with E-state index in [4.69, 9.17) is 0 Å². The van der Waals surface area contributed by atoms with Crippen LogP contribution in [0, 0.1) is 11.6 Å². The van der Waals surface area contributed by atoms with Gasteiger partial charge in [-0.2, -0.15) is 5.01 Å². The number of quaternary nitrogens is 1. The maximum atomic E-state index is 13.3. The van der Waals surface area contributed by atoms with Crippen LogP contribution in [0.2, 0.25) is 0 Å². The van der Waals surface area contributed by atoms with Gasteiger partial charge in [0, 0.05) is 5.56 Å². The number of hydrogen-bond acceptors (Lipinski definition) is 3. The highest BCUT2D eigenvalue weighted by atomic mass is 19.2. The van der Waals surface area contributed by atoms with Crippen molar-refractivity contribution in [3.05, 3.63) is 35.4 Å². The molecule has 0 unspecified atom stereocenters. The van der Waals surface area contributed by atoms with E-state index < -0.39 is 35.0 Å². The number of hydrazine groups is 1. The molecule has 0 aromatic heterocycles. The van der Waals surface area contributed by atoms with Gasteiger partial charge in [0.15, 0.2) is 18.2 Å². The van der Waals surface area contributed by atoms with Crippen molar-refractivity contribution < 1.29 is 28.5 Å². The van der Waals surface area contributed by atoms with Gasteiger partial charge in [-0.15, -0.1) is 0 Å². The predicted molar refractivity (Wildman–Crippen MR) is 90.9 cm³/mol. The molecule has 1 aliphatic carbocycles. The van der Waals surface area contributed by atoms with Crippen molar-refractivity contribution in [2.75, 3.05) is 6.54 Å². The number of halogens is 2. The van der Waals surface area contributed by atoms with Crippen LogP contribution in [0.3, 0.4) is 0 Å². The smallest absolute Gasteiger partial charge is 0.332 e. The average molecular weight is 381 g/mol. The van der Waals surface area contributed by atoms with Gasteiger partial charge in [-0.25, -0.2) is 13.6 Å². The molecule has 27 heavy (non-hydrogen) atoms. The Hall–Kier alpha value is -2.55. The molecule has 146 valence electrons. The Bertz CT molecular complexity index is 765. The predicted octanol–water partition coefficient (Wildman–Crippen LogP) is 0.875. The van der Waals surface area contributed by atoms with E-state index in [1.807, 2.05) is 0 Å². The lowest BCUT2D eigenvalue weighted by atomic mass is 9.82. The summed E-state index contributed by atoms with van der Waals surface area (Å²) in [5.41, 5.74) is 1.97. The number of nitrogens with zero attached hydrogens (tertiary/aromatic N) is 1. The number of imide groups is 1. The fourth-order valence-electron chi connectivity index (χ4n) is 3.60. The number of rotatable bonds is 5. The van der Waals surface area contributed by atoms with E-state index in [2.05, 4.69) is 10.7 Å². The Morgan fingerprint density at radius 3 is 2.63 bits per heavy atom. The lowest BCUT2D eigenvalue weighted by molar-refractivity contribution is -0.682. The van der Waals surface area contributed by atoms with Crippen molar-refractivity contribution in [1.82, 2.24) is 15.8 Å². The average Bonchev–Trinajstić information content (AvgIpc) is 2.86. The fourth-order valence-corrected chi connectivity index (χ4v) is 3.60. The monoisotopic (exact) mass is 381 g/mol. The van der Waals surface area contributed by atoms with Gasteiger partial charge >= 0.3 is 6.03 Å². The number of amides is 4. The van der Waals surface area contributed by atoms with Crippen LogP contribution in [0.1, 0.15) is 50.6 Å². The summed E-state index contributed by atoms with van der Waals surface area (Å²) in [4.78, 5) is 36.9. The highest BCUT2D eigenvalue weighted by Crippen LogP contribution is 2.32. The molecule has 2 fully saturated rings. The summed E-state index contributed by atoms with van der Waals surface area (Å²) in [6.45, 7) is 1.66. The van der Waals surface area contributed by atoms with E-state index in [0.29, 0.717) is 18.4 Å². The molecule has 4 amide bonds. The minimum atomic E-state index is -0.950. The van der Waals surface area contributed by atoms with E-state index in [0.717, 1.165) is 36.4 Å². The number of benzene rings is 1. The number of nitrogens with two attached hydrogens (primary N) is 1. The van der Waals surface area contributed by atoms with Crippen LogP contribution in [0.4, 0.5) is 13.6 Å². The Labute approximate surface area is 155 Å². The number of nitrogens with one attached hydrogen (secondary N) is 2. The standard InChI is InChI=1S/C18H22F2N4O3/c1-11(12-5-6-13(19)14(20)9-12)21-10-15(25)23-24-16(26)18(22-17(24)27)7-3-2-4-8-18/h5-6,9,11,21H,2-4,7-8,10H2,1H3,(H,22,27)(H,23,25)/p+1/t11-/m1/s1. The largest absolute Gasteiger partial charge is 0.344 e. The van der Waals surface area contributed by atoms with Crippen molar-refractivity contribution in [3.8, 4) is 0 Å². The highest BCUT2D eigenvalue weighted by molar-refractivity contribution is 6.08. The second kappa shape index (κ2) is 7.59. The molecule has 1 aromatic carbocycles.